The number of rotatable bonds is 5. The van der Waals surface area contributed by atoms with Crippen LogP contribution in [0.3, 0.4) is 0 Å². The second kappa shape index (κ2) is 7.16. The van der Waals surface area contributed by atoms with Crippen LogP contribution >= 0.6 is 11.3 Å². The molecule has 3 heterocycles. The lowest BCUT2D eigenvalue weighted by molar-refractivity contribution is -0.0882. The van der Waals surface area contributed by atoms with Crippen molar-refractivity contribution in [1.82, 2.24) is 5.32 Å². The zero-order chi connectivity index (χ0) is 16.3. The number of nitrogens with zero attached hydrogens (tertiary/aromatic N) is 1. The third-order valence-electron chi connectivity index (χ3n) is 4.84. The van der Waals surface area contributed by atoms with Crippen molar-refractivity contribution in [2.45, 2.75) is 57.6 Å². The molecule has 0 radical (unpaired) electrons. The van der Waals surface area contributed by atoms with Crippen molar-refractivity contribution in [1.29, 1.82) is 0 Å². The van der Waals surface area contributed by atoms with Crippen molar-refractivity contribution in [3.63, 3.8) is 0 Å². The molecule has 1 spiro atoms. The van der Waals surface area contributed by atoms with Crippen LogP contribution in [0.15, 0.2) is 23.1 Å². The number of hydrogen-bond acceptors (Lipinski definition) is 5. The van der Waals surface area contributed by atoms with Crippen molar-refractivity contribution in [2.24, 2.45) is 5.16 Å². The Labute approximate surface area is 142 Å². The predicted octanol–water partition coefficient (Wildman–Crippen LogP) is 3.76. The first-order valence-electron chi connectivity index (χ1n) is 8.46. The number of allylic oxidation sites excluding steroid dienone is 1. The van der Waals surface area contributed by atoms with E-state index in [1.807, 2.05) is 18.3 Å². The van der Waals surface area contributed by atoms with Gasteiger partial charge >= 0.3 is 0 Å². The van der Waals surface area contributed by atoms with E-state index in [0.29, 0.717) is 6.04 Å². The van der Waals surface area contributed by atoms with Crippen LogP contribution in [0, 0.1) is 0 Å². The molecule has 126 valence electrons. The average Bonchev–Trinajstić information content (AvgIpc) is 2.99. The average molecular weight is 334 g/mol. The van der Waals surface area contributed by atoms with Gasteiger partial charge in [-0.05, 0) is 56.9 Å². The fourth-order valence-electron chi connectivity index (χ4n) is 3.69. The molecule has 4 nitrogen and oxygen atoms in total. The van der Waals surface area contributed by atoms with Crippen molar-refractivity contribution in [2.75, 3.05) is 13.2 Å². The molecular weight excluding hydrogens is 308 g/mol. The van der Waals surface area contributed by atoms with E-state index in [0.717, 1.165) is 51.0 Å². The van der Waals surface area contributed by atoms with Crippen LogP contribution in [0.1, 0.15) is 48.4 Å². The van der Waals surface area contributed by atoms with E-state index in [2.05, 4.69) is 36.3 Å². The molecule has 1 fully saturated rings. The highest BCUT2D eigenvalue weighted by Gasteiger charge is 2.42. The van der Waals surface area contributed by atoms with Gasteiger partial charge in [-0.2, -0.15) is 0 Å². The summed E-state index contributed by atoms with van der Waals surface area (Å²) >= 11 is 1.98. The van der Waals surface area contributed by atoms with Gasteiger partial charge in [0.05, 0.1) is 12.2 Å². The van der Waals surface area contributed by atoms with Crippen molar-refractivity contribution >= 4 is 18.1 Å². The largest absolute Gasteiger partial charge is 0.370 e. The minimum atomic E-state index is -0.0906. The smallest absolute Gasteiger partial charge is 0.128 e. The molecule has 0 saturated carbocycles. The first kappa shape index (κ1) is 16.7. The number of thiophene rings is 1. The zero-order valence-electron chi connectivity index (χ0n) is 14.1. The van der Waals surface area contributed by atoms with Gasteiger partial charge in [0.15, 0.2) is 0 Å². The van der Waals surface area contributed by atoms with Crippen molar-refractivity contribution < 1.29 is 9.57 Å². The van der Waals surface area contributed by atoms with Gasteiger partial charge in [-0.15, -0.1) is 11.3 Å². The number of nitrogens with one attached hydrogen (secondary N) is 1. The van der Waals surface area contributed by atoms with Crippen LogP contribution in [0.5, 0.6) is 0 Å². The van der Waals surface area contributed by atoms with Gasteiger partial charge in [-0.3, -0.25) is 0 Å². The van der Waals surface area contributed by atoms with Crippen LogP contribution in [-0.2, 0) is 28.0 Å². The quantitative estimate of drug-likeness (QED) is 0.506. The molecule has 2 aliphatic heterocycles. The first-order valence-corrected chi connectivity index (χ1v) is 9.27. The summed E-state index contributed by atoms with van der Waals surface area (Å²) in [6, 6.07) is 2.80. The Kier molecular flexibility index (Phi) is 5.19. The summed E-state index contributed by atoms with van der Waals surface area (Å²) in [4.78, 5) is 8.09. The standard InChI is InChI=1S/C18H26N2O2S/c1-4-15-11-16-17(23-15)7-10-21-18(16)8-9-20-14(12-18)6-5-13(2)22-19-3/h5,11,14,20H,3-4,6-10,12H2,1-2H3/b13-5-. The van der Waals surface area contributed by atoms with E-state index in [1.54, 1.807) is 4.88 Å². The second-order valence-corrected chi connectivity index (χ2v) is 7.59. The van der Waals surface area contributed by atoms with Crippen LogP contribution < -0.4 is 5.32 Å². The Morgan fingerprint density at radius 3 is 3.30 bits per heavy atom. The van der Waals surface area contributed by atoms with Crippen molar-refractivity contribution in [3.8, 4) is 0 Å². The fourth-order valence-corrected chi connectivity index (χ4v) is 4.86. The summed E-state index contributed by atoms with van der Waals surface area (Å²) in [5.74, 6) is 0.801. The highest BCUT2D eigenvalue weighted by Crippen LogP contribution is 2.45. The van der Waals surface area contributed by atoms with Crippen LogP contribution in [-0.4, -0.2) is 25.9 Å². The third kappa shape index (κ3) is 3.52. The number of ether oxygens (including phenoxy) is 1. The molecule has 1 aromatic rings. The Hall–Kier alpha value is -1.17. The summed E-state index contributed by atoms with van der Waals surface area (Å²) < 4.78 is 6.36. The topological polar surface area (TPSA) is 42.8 Å². The van der Waals surface area contributed by atoms with E-state index >= 15 is 0 Å². The van der Waals surface area contributed by atoms with E-state index < -0.39 is 0 Å². The molecule has 23 heavy (non-hydrogen) atoms. The lowest BCUT2D eigenvalue weighted by Gasteiger charge is -2.44. The number of hydrogen-bond donors (Lipinski definition) is 1. The molecule has 0 amide bonds. The Morgan fingerprint density at radius 2 is 2.52 bits per heavy atom. The van der Waals surface area contributed by atoms with Gasteiger partial charge in [0.1, 0.15) is 5.76 Å². The maximum absolute atomic E-state index is 6.36. The molecule has 5 heteroatoms. The number of piperidine rings is 1. The fraction of sp³-hybridized carbons (Fsp3) is 0.611. The molecule has 0 bridgehead atoms. The minimum absolute atomic E-state index is 0.0906. The molecule has 1 saturated heterocycles. The SMILES string of the molecule is C=NO/C(C)=C\CC1CC2(CCN1)OCCc1sc(CC)cc12. The van der Waals surface area contributed by atoms with Gasteiger partial charge in [0.2, 0.25) is 0 Å². The molecular formula is C18H26N2O2S. The first-order chi connectivity index (χ1) is 11.2. The number of fused-ring (bicyclic) bond motifs is 2. The van der Waals surface area contributed by atoms with E-state index in [-0.39, 0.29) is 5.60 Å². The minimum Gasteiger partial charge on any atom is -0.370 e. The zero-order valence-corrected chi connectivity index (χ0v) is 14.9. The van der Waals surface area contributed by atoms with Gasteiger partial charge in [-0.1, -0.05) is 12.1 Å². The van der Waals surface area contributed by atoms with Crippen LogP contribution in [0.4, 0.5) is 0 Å². The lowest BCUT2D eigenvalue weighted by Crippen LogP contribution is -2.49. The number of oxime groups is 1. The highest BCUT2D eigenvalue weighted by atomic mass is 32.1. The molecule has 1 N–H and O–H groups in total. The molecule has 2 aliphatic rings. The summed E-state index contributed by atoms with van der Waals surface area (Å²) in [5, 5.41) is 7.08. The highest BCUT2D eigenvalue weighted by molar-refractivity contribution is 7.12. The van der Waals surface area contributed by atoms with Gasteiger partial charge < -0.3 is 14.9 Å². The van der Waals surface area contributed by atoms with Gasteiger partial charge in [0, 0.05) is 28.9 Å². The molecule has 2 atom stereocenters. The summed E-state index contributed by atoms with van der Waals surface area (Å²) in [6.07, 6.45) is 7.27. The maximum Gasteiger partial charge on any atom is 0.128 e. The molecule has 3 rings (SSSR count). The predicted molar refractivity (Wildman–Crippen MR) is 95.1 cm³/mol. The summed E-state index contributed by atoms with van der Waals surface area (Å²) in [5.41, 5.74) is 1.37. The van der Waals surface area contributed by atoms with Gasteiger partial charge in [-0.25, -0.2) is 0 Å². The van der Waals surface area contributed by atoms with Crippen LogP contribution in [0.2, 0.25) is 0 Å². The van der Waals surface area contributed by atoms with Gasteiger partial charge in [0.25, 0.3) is 0 Å². The number of aryl methyl sites for hydroxylation is 1. The van der Waals surface area contributed by atoms with E-state index in [9.17, 15) is 0 Å². The summed E-state index contributed by atoms with van der Waals surface area (Å²) in [7, 11) is 0. The third-order valence-corrected chi connectivity index (χ3v) is 6.18. The Balaban J connectivity index is 1.77. The maximum atomic E-state index is 6.36. The molecule has 1 aromatic heterocycles. The molecule has 0 aromatic carbocycles. The summed E-state index contributed by atoms with van der Waals surface area (Å²) in [6.45, 7) is 9.34. The lowest BCUT2D eigenvalue weighted by atomic mass is 9.79. The monoisotopic (exact) mass is 334 g/mol. The molecule has 2 unspecified atom stereocenters. The second-order valence-electron chi connectivity index (χ2n) is 6.37. The van der Waals surface area contributed by atoms with Crippen molar-refractivity contribution in [3.05, 3.63) is 33.2 Å². The van der Waals surface area contributed by atoms with E-state index in [1.165, 1.54) is 10.4 Å². The molecule has 0 aliphatic carbocycles. The van der Waals surface area contributed by atoms with E-state index in [4.69, 9.17) is 9.57 Å². The Bertz CT molecular complexity index is 596. The van der Waals surface area contributed by atoms with Crippen LogP contribution in [0.25, 0.3) is 0 Å². The normalized spacial score (nSPS) is 27.7. The Morgan fingerprint density at radius 1 is 1.65 bits per heavy atom.